The van der Waals surface area contributed by atoms with Crippen molar-refractivity contribution in [1.29, 1.82) is 0 Å². The fourth-order valence-corrected chi connectivity index (χ4v) is 3.68. The number of nitrogens with two attached hydrogens (primary N) is 1. The molecule has 30 heavy (non-hydrogen) atoms. The monoisotopic (exact) mass is 486 g/mol. The number of sulfonamides is 1. The molecule has 3 N–H and O–H groups in total. The molecule has 0 aliphatic carbocycles. The van der Waals surface area contributed by atoms with Gasteiger partial charge < -0.3 is 5.32 Å². The van der Waals surface area contributed by atoms with Crippen LogP contribution < -0.4 is 10.5 Å². The lowest BCUT2D eigenvalue weighted by Crippen LogP contribution is -2.27. The van der Waals surface area contributed by atoms with Crippen molar-refractivity contribution in [1.82, 2.24) is 5.32 Å². The van der Waals surface area contributed by atoms with Crippen molar-refractivity contribution in [3.05, 3.63) is 99.5 Å². The third-order valence-electron chi connectivity index (χ3n) is 4.47. The normalized spacial score (nSPS) is 11.1. The van der Waals surface area contributed by atoms with Crippen LogP contribution in [0.3, 0.4) is 0 Å². The molecular weight excluding hydrogens is 468 g/mol. The van der Waals surface area contributed by atoms with E-state index in [1.807, 2.05) is 0 Å². The number of amides is 1. The molecule has 3 rings (SSSR count). The van der Waals surface area contributed by atoms with Crippen molar-refractivity contribution in [3.63, 3.8) is 0 Å². The molecule has 0 fully saturated rings. The molecule has 154 valence electrons. The van der Waals surface area contributed by atoms with Gasteiger partial charge in [-0.15, -0.1) is 0 Å². The van der Waals surface area contributed by atoms with Gasteiger partial charge in [0.05, 0.1) is 10.5 Å². The fourth-order valence-electron chi connectivity index (χ4n) is 2.90. The van der Waals surface area contributed by atoms with Crippen molar-refractivity contribution >= 4 is 37.6 Å². The van der Waals surface area contributed by atoms with Crippen LogP contribution in [-0.4, -0.2) is 26.7 Å². The summed E-state index contributed by atoms with van der Waals surface area (Å²) in [7, 11) is -3.73. The molecule has 0 bridgehead atoms. The molecule has 8 heteroatoms. The van der Waals surface area contributed by atoms with E-state index in [4.69, 9.17) is 5.14 Å². The highest BCUT2D eigenvalue weighted by Gasteiger charge is 2.17. The Morgan fingerprint density at radius 2 is 1.47 bits per heavy atom. The molecule has 1 amide bonds. The Balaban J connectivity index is 1.67. The summed E-state index contributed by atoms with van der Waals surface area (Å²) in [6.07, 6.45) is 0.499. The Morgan fingerprint density at radius 1 is 0.867 bits per heavy atom. The lowest BCUT2D eigenvalue weighted by molar-refractivity contribution is 0.0942. The van der Waals surface area contributed by atoms with E-state index in [1.54, 1.807) is 60.7 Å². The first-order chi connectivity index (χ1) is 14.3. The number of hydrogen-bond donors (Lipinski definition) is 2. The van der Waals surface area contributed by atoms with Crippen LogP contribution in [0.1, 0.15) is 31.8 Å². The van der Waals surface area contributed by atoms with Crippen LogP contribution in [0.15, 0.2) is 82.2 Å². The second-order valence-electron chi connectivity index (χ2n) is 6.58. The summed E-state index contributed by atoms with van der Waals surface area (Å²) in [5.41, 5.74) is 1.97. The standard InChI is InChI=1S/C22H19BrN2O4S/c23-17-9-7-16(8-10-17)21(26)19-3-1-2-4-20(19)22(27)25-14-13-15-5-11-18(12-6-15)30(24,28)29/h1-12H,13-14H2,(H,25,27)(H2,24,28,29). The summed E-state index contributed by atoms with van der Waals surface area (Å²) >= 11 is 3.34. The zero-order valence-electron chi connectivity index (χ0n) is 15.8. The molecule has 0 saturated heterocycles. The van der Waals surface area contributed by atoms with Gasteiger partial charge in [-0.25, -0.2) is 13.6 Å². The number of carbonyl (C=O) groups excluding carboxylic acids is 2. The zero-order chi connectivity index (χ0) is 21.7. The number of carbonyl (C=O) groups is 2. The Morgan fingerprint density at radius 3 is 2.07 bits per heavy atom. The number of benzene rings is 3. The van der Waals surface area contributed by atoms with Gasteiger partial charge in [-0.1, -0.05) is 46.3 Å². The van der Waals surface area contributed by atoms with Gasteiger partial charge in [0, 0.05) is 22.1 Å². The molecule has 0 saturated carbocycles. The number of hydrogen-bond acceptors (Lipinski definition) is 4. The molecular formula is C22H19BrN2O4S. The molecule has 0 heterocycles. The van der Waals surface area contributed by atoms with Gasteiger partial charge in [0.15, 0.2) is 5.78 Å². The van der Waals surface area contributed by atoms with E-state index in [0.717, 1.165) is 10.0 Å². The maximum atomic E-state index is 12.8. The average molecular weight is 487 g/mol. The Hall–Kier alpha value is -2.81. The molecule has 3 aromatic rings. The lowest BCUT2D eigenvalue weighted by atomic mass is 9.98. The Labute approximate surface area is 183 Å². The van der Waals surface area contributed by atoms with Crippen molar-refractivity contribution in [2.24, 2.45) is 5.14 Å². The van der Waals surface area contributed by atoms with E-state index < -0.39 is 10.0 Å². The predicted octanol–water partition coefficient (Wildman–Crippen LogP) is 3.30. The van der Waals surface area contributed by atoms with E-state index in [-0.39, 0.29) is 16.6 Å². The van der Waals surface area contributed by atoms with E-state index in [1.165, 1.54) is 12.1 Å². The smallest absolute Gasteiger partial charge is 0.252 e. The van der Waals surface area contributed by atoms with E-state index in [0.29, 0.717) is 29.7 Å². The minimum Gasteiger partial charge on any atom is -0.352 e. The van der Waals surface area contributed by atoms with Crippen LogP contribution in [0.2, 0.25) is 0 Å². The topological polar surface area (TPSA) is 106 Å². The average Bonchev–Trinajstić information content (AvgIpc) is 2.73. The summed E-state index contributed by atoms with van der Waals surface area (Å²) < 4.78 is 23.5. The highest BCUT2D eigenvalue weighted by atomic mass is 79.9. The largest absolute Gasteiger partial charge is 0.352 e. The summed E-state index contributed by atoms with van der Waals surface area (Å²) in [5.74, 6) is -0.580. The molecule has 0 aliphatic rings. The maximum absolute atomic E-state index is 12.8. The third kappa shape index (κ3) is 5.41. The minimum atomic E-state index is -3.73. The number of nitrogens with one attached hydrogen (secondary N) is 1. The molecule has 0 aromatic heterocycles. The van der Waals surface area contributed by atoms with Gasteiger partial charge >= 0.3 is 0 Å². The maximum Gasteiger partial charge on any atom is 0.252 e. The van der Waals surface area contributed by atoms with E-state index >= 15 is 0 Å². The molecule has 6 nitrogen and oxygen atoms in total. The predicted molar refractivity (Wildman–Crippen MR) is 118 cm³/mol. The molecule has 3 aromatic carbocycles. The van der Waals surface area contributed by atoms with Crippen LogP contribution in [0.5, 0.6) is 0 Å². The van der Waals surface area contributed by atoms with Gasteiger partial charge in [0.25, 0.3) is 5.91 Å². The van der Waals surface area contributed by atoms with Crippen LogP contribution in [0.25, 0.3) is 0 Å². The van der Waals surface area contributed by atoms with Gasteiger partial charge in [0.2, 0.25) is 10.0 Å². The van der Waals surface area contributed by atoms with Gasteiger partial charge in [-0.05, 0) is 54.4 Å². The van der Waals surface area contributed by atoms with Gasteiger partial charge in [-0.2, -0.15) is 0 Å². The van der Waals surface area contributed by atoms with Crippen LogP contribution in [0, 0.1) is 0 Å². The van der Waals surface area contributed by atoms with Crippen LogP contribution in [-0.2, 0) is 16.4 Å². The summed E-state index contributed by atoms with van der Waals surface area (Å²) in [6.45, 7) is 0.328. The molecule has 0 unspecified atom stereocenters. The van der Waals surface area contributed by atoms with E-state index in [9.17, 15) is 18.0 Å². The molecule has 0 atom stereocenters. The first-order valence-corrected chi connectivity index (χ1v) is 11.4. The Kier molecular flexibility index (Phi) is 6.81. The Bertz CT molecular complexity index is 1170. The second kappa shape index (κ2) is 9.34. The summed E-state index contributed by atoms with van der Waals surface area (Å²) in [4.78, 5) is 25.5. The van der Waals surface area contributed by atoms with Crippen LogP contribution in [0.4, 0.5) is 0 Å². The molecule has 0 spiro atoms. The third-order valence-corrected chi connectivity index (χ3v) is 5.93. The lowest BCUT2D eigenvalue weighted by Gasteiger charge is -2.10. The minimum absolute atomic E-state index is 0.0377. The highest BCUT2D eigenvalue weighted by Crippen LogP contribution is 2.17. The van der Waals surface area contributed by atoms with Crippen LogP contribution >= 0.6 is 15.9 Å². The first kappa shape index (κ1) is 21.9. The van der Waals surface area contributed by atoms with Gasteiger partial charge in [0.1, 0.15) is 0 Å². The van der Waals surface area contributed by atoms with Crippen molar-refractivity contribution < 1.29 is 18.0 Å². The summed E-state index contributed by atoms with van der Waals surface area (Å²) in [5, 5.41) is 7.89. The second-order valence-corrected chi connectivity index (χ2v) is 9.05. The highest BCUT2D eigenvalue weighted by molar-refractivity contribution is 9.10. The number of rotatable bonds is 7. The first-order valence-electron chi connectivity index (χ1n) is 9.05. The van der Waals surface area contributed by atoms with E-state index in [2.05, 4.69) is 21.2 Å². The summed E-state index contributed by atoms with van der Waals surface area (Å²) in [6, 6.07) is 19.8. The number of primary sulfonamides is 1. The molecule has 0 aliphatic heterocycles. The zero-order valence-corrected chi connectivity index (χ0v) is 18.2. The molecule has 0 radical (unpaired) electrons. The number of halogens is 1. The van der Waals surface area contributed by atoms with Crippen molar-refractivity contribution in [2.75, 3.05) is 6.54 Å². The fraction of sp³-hybridized carbons (Fsp3) is 0.0909. The van der Waals surface area contributed by atoms with Gasteiger partial charge in [-0.3, -0.25) is 9.59 Å². The quantitative estimate of drug-likeness (QED) is 0.499. The van der Waals surface area contributed by atoms with Crippen molar-refractivity contribution in [3.8, 4) is 0 Å². The SMILES string of the molecule is NS(=O)(=O)c1ccc(CCNC(=O)c2ccccc2C(=O)c2ccc(Br)cc2)cc1. The number of ketones is 1. The van der Waals surface area contributed by atoms with Crippen molar-refractivity contribution in [2.45, 2.75) is 11.3 Å².